The first kappa shape index (κ1) is 12.9. The fourth-order valence-corrected chi connectivity index (χ4v) is 3.11. The molecular formula is C17H20N3+. The third kappa shape index (κ3) is 1.82. The molecule has 0 bridgehead atoms. The second kappa shape index (κ2) is 4.76. The lowest BCUT2D eigenvalue weighted by atomic mass is 10.1. The monoisotopic (exact) mass is 266 g/mol. The molecule has 3 rings (SSSR count). The lowest BCUT2D eigenvalue weighted by molar-refractivity contribution is 0.403. The number of hydrogen-bond donors (Lipinski definition) is 1. The Labute approximate surface area is 120 Å². The minimum absolute atomic E-state index is 0.529. The van der Waals surface area contributed by atoms with E-state index in [1.807, 2.05) is 12.4 Å². The van der Waals surface area contributed by atoms with E-state index < -0.39 is 0 Å². The Bertz CT molecular complexity index is 646. The zero-order valence-corrected chi connectivity index (χ0v) is 12.0. The summed E-state index contributed by atoms with van der Waals surface area (Å²) in [6.07, 6.45) is 5.77. The molecule has 20 heavy (non-hydrogen) atoms. The van der Waals surface area contributed by atoms with E-state index in [2.05, 4.69) is 61.3 Å². The molecule has 1 aromatic carbocycles. The van der Waals surface area contributed by atoms with Crippen LogP contribution in [-0.2, 0) is 0 Å². The van der Waals surface area contributed by atoms with Crippen LogP contribution in [0.15, 0.2) is 54.6 Å². The molecule has 3 nitrogen and oxygen atoms in total. The fourth-order valence-electron chi connectivity index (χ4n) is 3.11. The van der Waals surface area contributed by atoms with Gasteiger partial charge in [-0.05, 0) is 6.07 Å². The first-order chi connectivity index (χ1) is 9.64. The van der Waals surface area contributed by atoms with E-state index in [-0.39, 0.29) is 0 Å². The van der Waals surface area contributed by atoms with Gasteiger partial charge in [-0.3, -0.25) is 4.98 Å². The first-order valence-corrected chi connectivity index (χ1v) is 7.00. The van der Waals surface area contributed by atoms with Gasteiger partial charge in [0.25, 0.3) is 0 Å². The molecule has 102 valence electrons. The van der Waals surface area contributed by atoms with Gasteiger partial charge in [-0.1, -0.05) is 26.0 Å². The van der Waals surface area contributed by atoms with Crippen molar-refractivity contribution in [2.75, 3.05) is 6.54 Å². The lowest BCUT2D eigenvalue weighted by Gasteiger charge is -2.35. The fraction of sp³-hybridized carbons (Fsp3) is 0.235. The topological polar surface area (TPSA) is 38.9 Å². The Hall–Kier alpha value is -2.13. The highest BCUT2D eigenvalue weighted by atomic mass is 15.4. The Morgan fingerprint density at radius 3 is 2.50 bits per heavy atom. The maximum atomic E-state index is 6.46. The van der Waals surface area contributed by atoms with Gasteiger partial charge in [-0.2, -0.15) is 0 Å². The van der Waals surface area contributed by atoms with Crippen LogP contribution in [0.3, 0.4) is 0 Å². The van der Waals surface area contributed by atoms with Gasteiger partial charge in [-0.25, -0.2) is 4.48 Å². The van der Waals surface area contributed by atoms with Gasteiger partial charge in [0.05, 0.1) is 6.54 Å². The Morgan fingerprint density at radius 1 is 1.10 bits per heavy atom. The Kier molecular flexibility index (Phi) is 3.07. The van der Waals surface area contributed by atoms with E-state index in [9.17, 15) is 0 Å². The molecule has 2 heterocycles. The summed E-state index contributed by atoms with van der Waals surface area (Å²) in [5.41, 5.74) is 10.1. The predicted molar refractivity (Wildman–Crippen MR) is 84.0 cm³/mol. The second-order valence-electron chi connectivity index (χ2n) is 5.72. The summed E-state index contributed by atoms with van der Waals surface area (Å²) in [6.45, 7) is 5.41. The van der Waals surface area contributed by atoms with Crippen molar-refractivity contribution in [3.63, 3.8) is 0 Å². The maximum absolute atomic E-state index is 6.46. The van der Waals surface area contributed by atoms with Crippen LogP contribution >= 0.6 is 0 Å². The average Bonchev–Trinajstić information content (AvgIpc) is 2.73. The summed E-state index contributed by atoms with van der Waals surface area (Å²) in [6, 6.07) is 12.6. The molecule has 1 atom stereocenters. The van der Waals surface area contributed by atoms with Crippen LogP contribution in [0, 0.1) is 5.92 Å². The van der Waals surface area contributed by atoms with Gasteiger partial charge in [0.2, 0.25) is 5.82 Å². The Morgan fingerprint density at radius 2 is 1.80 bits per heavy atom. The van der Waals surface area contributed by atoms with Gasteiger partial charge in [-0.15, -0.1) is 0 Å². The van der Waals surface area contributed by atoms with Crippen LogP contribution in [-0.4, -0.2) is 11.5 Å². The molecule has 0 spiro atoms. The molecule has 2 aromatic rings. The zero-order valence-electron chi connectivity index (χ0n) is 12.0. The van der Waals surface area contributed by atoms with Crippen molar-refractivity contribution in [3.8, 4) is 0 Å². The normalized spacial score (nSPS) is 20.9. The lowest BCUT2D eigenvalue weighted by Crippen LogP contribution is -2.47. The van der Waals surface area contributed by atoms with Gasteiger partial charge in [0.15, 0.2) is 5.69 Å². The highest BCUT2D eigenvalue weighted by Crippen LogP contribution is 2.45. The summed E-state index contributed by atoms with van der Waals surface area (Å²) < 4.78 is 0.607. The smallest absolute Gasteiger partial charge is 0.209 e. The van der Waals surface area contributed by atoms with Crippen molar-refractivity contribution in [1.82, 2.24) is 9.47 Å². The van der Waals surface area contributed by atoms with Crippen molar-refractivity contribution >= 4 is 17.5 Å². The van der Waals surface area contributed by atoms with Crippen LogP contribution in [0.2, 0.25) is 0 Å². The Balaban J connectivity index is 2.25. The van der Waals surface area contributed by atoms with Gasteiger partial charge < -0.3 is 5.73 Å². The van der Waals surface area contributed by atoms with Crippen LogP contribution in [0.5, 0.6) is 0 Å². The van der Waals surface area contributed by atoms with Crippen LogP contribution in [0.1, 0.15) is 19.4 Å². The van der Waals surface area contributed by atoms with Crippen LogP contribution in [0.4, 0.5) is 11.4 Å². The largest absolute Gasteiger partial charge is 0.354 e. The van der Waals surface area contributed by atoms with E-state index >= 15 is 0 Å². The minimum Gasteiger partial charge on any atom is -0.354 e. The highest BCUT2D eigenvalue weighted by Gasteiger charge is 2.43. The summed E-state index contributed by atoms with van der Waals surface area (Å²) in [5.74, 6) is 1.41. The number of aromatic nitrogens is 1. The summed E-state index contributed by atoms with van der Waals surface area (Å²) in [7, 11) is 0. The standard InChI is InChI=1S/C17H20N3/c1-13(2)12-20(15-7-9-19-10-8-15)16-6-4-3-5-14(16)11-17(20)18/h3-11,13H,12,18H2,1-2H3/q+1. The predicted octanol–water partition coefficient (Wildman–Crippen LogP) is 3.65. The summed E-state index contributed by atoms with van der Waals surface area (Å²) >= 11 is 0. The number of quaternary nitrogens is 1. The minimum atomic E-state index is 0.529. The molecule has 3 heteroatoms. The van der Waals surface area contributed by atoms with Gasteiger partial charge >= 0.3 is 0 Å². The SMILES string of the molecule is CC(C)C[N+]1(c2ccncc2)C(N)=Cc2ccccc21. The third-order valence-electron chi connectivity index (χ3n) is 3.83. The number of hydrogen-bond acceptors (Lipinski definition) is 2. The number of pyridine rings is 1. The molecule has 0 radical (unpaired) electrons. The molecule has 0 saturated carbocycles. The van der Waals surface area contributed by atoms with E-state index in [0.29, 0.717) is 10.4 Å². The molecule has 0 aliphatic carbocycles. The quantitative estimate of drug-likeness (QED) is 0.861. The van der Waals surface area contributed by atoms with E-state index in [0.717, 1.165) is 12.4 Å². The molecule has 0 amide bonds. The first-order valence-electron chi connectivity index (χ1n) is 7.00. The van der Waals surface area contributed by atoms with Crippen LogP contribution in [0.25, 0.3) is 6.08 Å². The number of nitrogens with two attached hydrogens (primary N) is 1. The molecule has 0 saturated heterocycles. The molecule has 0 fully saturated rings. The molecular weight excluding hydrogens is 246 g/mol. The van der Waals surface area contributed by atoms with Crippen molar-refractivity contribution in [3.05, 3.63) is 60.2 Å². The number of para-hydroxylation sites is 1. The van der Waals surface area contributed by atoms with Crippen molar-refractivity contribution < 1.29 is 0 Å². The molecule has 1 unspecified atom stereocenters. The van der Waals surface area contributed by atoms with Gasteiger partial charge in [0.1, 0.15) is 5.69 Å². The number of rotatable bonds is 3. The van der Waals surface area contributed by atoms with Gasteiger partial charge in [0, 0.05) is 48.2 Å². The van der Waals surface area contributed by atoms with E-state index in [1.165, 1.54) is 16.9 Å². The molecule has 2 N–H and O–H groups in total. The highest BCUT2D eigenvalue weighted by molar-refractivity contribution is 5.81. The maximum Gasteiger partial charge on any atom is 0.209 e. The number of nitrogens with zero attached hydrogens (tertiary/aromatic N) is 2. The third-order valence-corrected chi connectivity index (χ3v) is 3.83. The van der Waals surface area contributed by atoms with Crippen molar-refractivity contribution in [1.29, 1.82) is 0 Å². The summed E-state index contributed by atoms with van der Waals surface area (Å²) in [4.78, 5) is 4.14. The zero-order chi connectivity index (χ0) is 14.2. The molecule has 1 aliphatic rings. The van der Waals surface area contributed by atoms with Crippen LogP contribution < -0.4 is 10.2 Å². The number of benzene rings is 1. The summed E-state index contributed by atoms with van der Waals surface area (Å²) in [5, 5.41) is 0. The second-order valence-corrected chi connectivity index (χ2v) is 5.72. The van der Waals surface area contributed by atoms with E-state index in [1.54, 1.807) is 0 Å². The number of fused-ring (bicyclic) bond motifs is 1. The molecule has 1 aromatic heterocycles. The van der Waals surface area contributed by atoms with Crippen molar-refractivity contribution in [2.45, 2.75) is 13.8 Å². The van der Waals surface area contributed by atoms with E-state index in [4.69, 9.17) is 5.73 Å². The average molecular weight is 266 g/mol. The van der Waals surface area contributed by atoms with Crippen molar-refractivity contribution in [2.24, 2.45) is 11.7 Å². The molecule has 1 aliphatic heterocycles.